The Hall–Kier alpha value is -1.82. The van der Waals surface area contributed by atoms with E-state index in [0.717, 1.165) is 6.07 Å². The van der Waals surface area contributed by atoms with Crippen LogP contribution in [0.5, 0.6) is 0 Å². The first-order valence-electron chi connectivity index (χ1n) is 5.59. The number of benzene rings is 1. The Morgan fingerprint density at radius 2 is 1.95 bits per heavy atom. The summed E-state index contributed by atoms with van der Waals surface area (Å²) in [7, 11) is 0. The molecule has 0 fully saturated rings. The molecule has 19 heavy (non-hydrogen) atoms. The molecule has 1 aromatic carbocycles. The third-order valence-electron chi connectivity index (χ3n) is 2.36. The molecule has 0 bridgehead atoms. The number of nitrogens with two attached hydrogens (primary N) is 1. The summed E-state index contributed by atoms with van der Waals surface area (Å²) in [6, 6.07) is 0.448. The Morgan fingerprint density at radius 1 is 1.32 bits per heavy atom. The summed E-state index contributed by atoms with van der Waals surface area (Å²) in [5.74, 6) is -3.87. The van der Waals surface area contributed by atoms with Gasteiger partial charge in [0, 0.05) is 12.1 Å². The molecule has 104 valence electrons. The van der Waals surface area contributed by atoms with Crippen LogP contribution in [0, 0.1) is 17.5 Å². The molecule has 0 aromatic heterocycles. The second-order valence-corrected chi connectivity index (χ2v) is 4.00. The topological polar surface area (TPSA) is 52.3 Å². The molecular weight excluding hydrogens is 259 g/mol. The van der Waals surface area contributed by atoms with Crippen LogP contribution in [0.1, 0.15) is 12.0 Å². The minimum atomic E-state index is -1.26. The number of rotatable bonds is 6. The maximum absolute atomic E-state index is 13.3. The molecule has 1 rings (SSSR count). The zero-order chi connectivity index (χ0) is 14.4. The van der Waals surface area contributed by atoms with Gasteiger partial charge in [0.15, 0.2) is 11.6 Å². The predicted octanol–water partition coefficient (Wildman–Crippen LogP) is 2.09. The molecule has 6 heteroatoms. The molecule has 1 atom stereocenters. The van der Waals surface area contributed by atoms with Crippen molar-refractivity contribution in [2.75, 3.05) is 6.61 Å². The van der Waals surface area contributed by atoms with Crippen molar-refractivity contribution in [2.45, 2.75) is 18.9 Å². The van der Waals surface area contributed by atoms with Crippen molar-refractivity contribution in [2.24, 2.45) is 5.73 Å². The van der Waals surface area contributed by atoms with Crippen LogP contribution in [0.2, 0.25) is 0 Å². The highest BCUT2D eigenvalue weighted by atomic mass is 19.2. The highest BCUT2D eigenvalue weighted by molar-refractivity contribution is 5.70. The zero-order valence-corrected chi connectivity index (χ0v) is 10.2. The van der Waals surface area contributed by atoms with Gasteiger partial charge in [-0.05, 0) is 18.1 Å². The van der Waals surface area contributed by atoms with E-state index in [1.54, 1.807) is 0 Å². The van der Waals surface area contributed by atoms with E-state index in [2.05, 4.69) is 6.58 Å². The van der Waals surface area contributed by atoms with E-state index in [-0.39, 0.29) is 25.0 Å². The molecule has 2 N–H and O–H groups in total. The van der Waals surface area contributed by atoms with Gasteiger partial charge in [-0.2, -0.15) is 0 Å². The molecule has 0 amide bonds. The van der Waals surface area contributed by atoms with Crippen molar-refractivity contribution < 1.29 is 22.7 Å². The number of hydrogen-bond acceptors (Lipinski definition) is 3. The van der Waals surface area contributed by atoms with Gasteiger partial charge < -0.3 is 10.5 Å². The smallest absolute Gasteiger partial charge is 0.307 e. The van der Waals surface area contributed by atoms with Crippen LogP contribution in [-0.2, 0) is 16.0 Å². The van der Waals surface area contributed by atoms with Gasteiger partial charge in [0.25, 0.3) is 0 Å². The minimum absolute atomic E-state index is 0.0606. The molecule has 0 heterocycles. The van der Waals surface area contributed by atoms with E-state index in [4.69, 9.17) is 10.5 Å². The fourth-order valence-electron chi connectivity index (χ4n) is 1.50. The summed E-state index contributed by atoms with van der Waals surface area (Å²) in [5, 5.41) is 0. The number of hydrogen-bond donors (Lipinski definition) is 1. The van der Waals surface area contributed by atoms with E-state index in [1.165, 1.54) is 6.08 Å². The van der Waals surface area contributed by atoms with E-state index < -0.39 is 29.5 Å². The van der Waals surface area contributed by atoms with Crippen LogP contribution in [0.15, 0.2) is 24.8 Å². The lowest BCUT2D eigenvalue weighted by atomic mass is 10.0. The lowest BCUT2D eigenvalue weighted by Gasteiger charge is -2.11. The van der Waals surface area contributed by atoms with Crippen LogP contribution in [0.3, 0.4) is 0 Å². The maximum Gasteiger partial charge on any atom is 0.307 e. The molecule has 0 unspecified atom stereocenters. The molecular formula is C13H14F3NO2. The SMILES string of the molecule is C=CCOC(=O)C[C@H](N)Cc1cc(F)c(F)cc1F. The van der Waals surface area contributed by atoms with E-state index in [1.807, 2.05) is 0 Å². The van der Waals surface area contributed by atoms with Crippen molar-refractivity contribution in [1.82, 2.24) is 0 Å². The van der Waals surface area contributed by atoms with Crippen molar-refractivity contribution in [3.63, 3.8) is 0 Å². The van der Waals surface area contributed by atoms with E-state index >= 15 is 0 Å². The van der Waals surface area contributed by atoms with Crippen molar-refractivity contribution in [1.29, 1.82) is 0 Å². The number of esters is 1. The Bertz CT molecular complexity index is 477. The first-order valence-corrected chi connectivity index (χ1v) is 5.59. The van der Waals surface area contributed by atoms with Crippen LogP contribution in [-0.4, -0.2) is 18.6 Å². The summed E-state index contributed by atoms with van der Waals surface area (Å²) >= 11 is 0. The van der Waals surface area contributed by atoms with E-state index in [0.29, 0.717) is 6.07 Å². The van der Waals surface area contributed by atoms with Gasteiger partial charge in [-0.1, -0.05) is 12.7 Å². The van der Waals surface area contributed by atoms with Crippen LogP contribution >= 0.6 is 0 Å². The fraction of sp³-hybridized carbons (Fsp3) is 0.308. The summed E-state index contributed by atoms with van der Waals surface area (Å²) in [6.45, 7) is 3.43. The third kappa shape index (κ3) is 4.75. The molecule has 0 aliphatic heterocycles. The molecule has 0 radical (unpaired) electrons. The molecule has 0 saturated carbocycles. The average molecular weight is 273 g/mol. The van der Waals surface area contributed by atoms with Gasteiger partial charge in [-0.15, -0.1) is 0 Å². The van der Waals surface area contributed by atoms with Gasteiger partial charge in [0.1, 0.15) is 12.4 Å². The zero-order valence-electron chi connectivity index (χ0n) is 10.2. The predicted molar refractivity (Wildman–Crippen MR) is 63.8 cm³/mol. The lowest BCUT2D eigenvalue weighted by molar-refractivity contribution is -0.142. The Kier molecular flexibility index (Phi) is 5.57. The Balaban J connectivity index is 2.61. The first-order chi connectivity index (χ1) is 8.93. The monoisotopic (exact) mass is 273 g/mol. The number of halogens is 3. The molecule has 0 aliphatic carbocycles. The Labute approximate surface area is 108 Å². The molecule has 3 nitrogen and oxygen atoms in total. The second kappa shape index (κ2) is 6.94. The quantitative estimate of drug-likeness (QED) is 0.490. The standard InChI is InChI=1S/C13H14F3NO2/c1-2-3-19-13(18)6-9(17)4-8-5-11(15)12(16)7-10(8)14/h2,5,7,9H,1,3-4,6,17H2/t9-/m1/s1. The van der Waals surface area contributed by atoms with Crippen LogP contribution < -0.4 is 5.73 Å². The van der Waals surface area contributed by atoms with Gasteiger partial charge in [0.2, 0.25) is 0 Å². The number of ether oxygens (including phenoxy) is 1. The van der Waals surface area contributed by atoms with Gasteiger partial charge in [-0.25, -0.2) is 13.2 Å². The largest absolute Gasteiger partial charge is 0.461 e. The van der Waals surface area contributed by atoms with Crippen LogP contribution in [0.25, 0.3) is 0 Å². The summed E-state index contributed by atoms with van der Waals surface area (Å²) < 4.78 is 43.7. The third-order valence-corrected chi connectivity index (χ3v) is 2.36. The lowest BCUT2D eigenvalue weighted by Crippen LogP contribution is -2.27. The van der Waals surface area contributed by atoms with Crippen molar-refractivity contribution >= 4 is 5.97 Å². The molecule has 0 saturated heterocycles. The molecule has 0 aliphatic rings. The average Bonchev–Trinajstić information content (AvgIpc) is 2.33. The van der Waals surface area contributed by atoms with Gasteiger partial charge in [0.05, 0.1) is 6.42 Å². The summed E-state index contributed by atoms with van der Waals surface area (Å²) in [5.41, 5.74) is 5.55. The number of carbonyl (C=O) groups excluding carboxylic acids is 1. The van der Waals surface area contributed by atoms with Crippen LogP contribution in [0.4, 0.5) is 13.2 Å². The summed E-state index contributed by atoms with van der Waals surface area (Å²) in [6.07, 6.45) is 1.16. The summed E-state index contributed by atoms with van der Waals surface area (Å²) in [4.78, 5) is 11.2. The fourth-order valence-corrected chi connectivity index (χ4v) is 1.50. The highest BCUT2D eigenvalue weighted by Gasteiger charge is 2.15. The Morgan fingerprint density at radius 3 is 2.58 bits per heavy atom. The second-order valence-electron chi connectivity index (χ2n) is 4.00. The van der Waals surface area contributed by atoms with Crippen molar-refractivity contribution in [3.8, 4) is 0 Å². The normalized spacial score (nSPS) is 12.0. The van der Waals surface area contributed by atoms with E-state index in [9.17, 15) is 18.0 Å². The van der Waals surface area contributed by atoms with Gasteiger partial charge in [-0.3, -0.25) is 4.79 Å². The van der Waals surface area contributed by atoms with Gasteiger partial charge >= 0.3 is 5.97 Å². The first kappa shape index (κ1) is 15.2. The minimum Gasteiger partial charge on any atom is -0.461 e. The van der Waals surface area contributed by atoms with Crippen molar-refractivity contribution in [3.05, 3.63) is 47.8 Å². The maximum atomic E-state index is 13.3. The molecule has 0 spiro atoms. The molecule has 1 aromatic rings. The highest BCUT2D eigenvalue weighted by Crippen LogP contribution is 2.15. The number of carbonyl (C=O) groups is 1.